The molecule has 0 bridgehead atoms. The minimum Gasteiger partial charge on any atom is -0.358 e. The molecule has 0 aliphatic heterocycles. The summed E-state index contributed by atoms with van der Waals surface area (Å²) in [5.41, 5.74) is 5.85. The van der Waals surface area contributed by atoms with E-state index in [4.69, 9.17) is 5.73 Å². The summed E-state index contributed by atoms with van der Waals surface area (Å²) in [5, 5.41) is 13.8. The lowest BCUT2D eigenvalue weighted by molar-refractivity contribution is -0.384. The van der Waals surface area contributed by atoms with Gasteiger partial charge >= 0.3 is 5.69 Å². The molecule has 0 aliphatic rings. The maximum atomic E-state index is 10.8. The summed E-state index contributed by atoms with van der Waals surface area (Å²) in [6.07, 6.45) is 1.59. The second kappa shape index (κ2) is 4.44. The van der Waals surface area contributed by atoms with Gasteiger partial charge in [0.25, 0.3) is 0 Å². The van der Waals surface area contributed by atoms with E-state index in [1.807, 2.05) is 13.8 Å². The van der Waals surface area contributed by atoms with Crippen LogP contribution in [0.25, 0.3) is 0 Å². The number of nitrogens with zero attached hydrogens (tertiary/aromatic N) is 2. The van der Waals surface area contributed by atoms with Crippen LogP contribution in [-0.4, -0.2) is 22.0 Å². The van der Waals surface area contributed by atoms with Crippen LogP contribution in [0.5, 0.6) is 0 Å². The van der Waals surface area contributed by atoms with Crippen LogP contribution < -0.4 is 11.1 Å². The smallest absolute Gasteiger partial charge is 0.311 e. The largest absolute Gasteiger partial charge is 0.358 e. The molecule has 0 spiro atoms. The monoisotopic (exact) mass is 224 g/mol. The number of nitro groups is 1. The van der Waals surface area contributed by atoms with E-state index in [-0.39, 0.29) is 11.5 Å². The molecule has 16 heavy (non-hydrogen) atoms. The normalized spacial score (nSPS) is 11.2. The molecule has 0 aromatic carbocycles. The first-order chi connectivity index (χ1) is 7.35. The first kappa shape index (κ1) is 12.4. The van der Waals surface area contributed by atoms with Gasteiger partial charge in [0.15, 0.2) is 0 Å². The molecule has 0 unspecified atom stereocenters. The van der Waals surface area contributed by atoms with Crippen molar-refractivity contribution in [3.63, 3.8) is 0 Å². The second-order valence-corrected chi connectivity index (χ2v) is 4.35. The highest BCUT2D eigenvalue weighted by Gasteiger charge is 2.22. The SMILES string of the molecule is Cc1cnc(NC(C)(C)CN)c([N+](=O)[O-])c1. The van der Waals surface area contributed by atoms with E-state index in [0.717, 1.165) is 5.56 Å². The van der Waals surface area contributed by atoms with Crippen molar-refractivity contribution >= 4 is 11.5 Å². The Hall–Kier alpha value is -1.69. The van der Waals surface area contributed by atoms with Crippen molar-refractivity contribution in [3.05, 3.63) is 27.9 Å². The number of nitrogens with two attached hydrogens (primary N) is 1. The van der Waals surface area contributed by atoms with Crippen LogP contribution in [0.2, 0.25) is 0 Å². The van der Waals surface area contributed by atoms with E-state index >= 15 is 0 Å². The molecule has 0 saturated carbocycles. The number of aryl methyl sites for hydroxylation is 1. The Morgan fingerprint density at radius 3 is 2.75 bits per heavy atom. The summed E-state index contributed by atoms with van der Waals surface area (Å²) in [6.45, 7) is 5.84. The summed E-state index contributed by atoms with van der Waals surface area (Å²) in [5.74, 6) is 0.256. The van der Waals surface area contributed by atoms with Gasteiger partial charge in [0.2, 0.25) is 5.82 Å². The summed E-state index contributed by atoms with van der Waals surface area (Å²) in [6, 6.07) is 1.49. The zero-order valence-electron chi connectivity index (χ0n) is 9.65. The highest BCUT2D eigenvalue weighted by molar-refractivity contribution is 5.57. The third-order valence-corrected chi connectivity index (χ3v) is 2.17. The van der Waals surface area contributed by atoms with Crippen LogP contribution in [0.1, 0.15) is 19.4 Å². The number of anilines is 1. The van der Waals surface area contributed by atoms with Gasteiger partial charge in [-0.25, -0.2) is 4.98 Å². The molecule has 88 valence electrons. The van der Waals surface area contributed by atoms with Gasteiger partial charge in [-0.3, -0.25) is 10.1 Å². The lowest BCUT2D eigenvalue weighted by atomic mass is 10.1. The van der Waals surface area contributed by atoms with Crippen molar-refractivity contribution in [1.29, 1.82) is 0 Å². The first-order valence-electron chi connectivity index (χ1n) is 4.95. The number of rotatable bonds is 4. The van der Waals surface area contributed by atoms with Crippen molar-refractivity contribution in [2.45, 2.75) is 26.3 Å². The Balaban J connectivity index is 3.09. The predicted octanol–water partition coefficient (Wildman–Crippen LogP) is 1.45. The third-order valence-electron chi connectivity index (χ3n) is 2.17. The lowest BCUT2D eigenvalue weighted by Crippen LogP contribution is -2.39. The molecule has 1 aromatic rings. The van der Waals surface area contributed by atoms with E-state index in [1.54, 1.807) is 13.1 Å². The Bertz CT molecular complexity index is 404. The quantitative estimate of drug-likeness (QED) is 0.596. The molecule has 0 radical (unpaired) electrons. The van der Waals surface area contributed by atoms with E-state index in [0.29, 0.717) is 6.54 Å². The Labute approximate surface area is 94.0 Å². The van der Waals surface area contributed by atoms with Crippen molar-refractivity contribution < 1.29 is 4.92 Å². The van der Waals surface area contributed by atoms with E-state index < -0.39 is 10.5 Å². The fraction of sp³-hybridized carbons (Fsp3) is 0.500. The van der Waals surface area contributed by atoms with Gasteiger partial charge in [0.1, 0.15) is 0 Å². The number of pyridine rings is 1. The van der Waals surface area contributed by atoms with E-state index in [9.17, 15) is 10.1 Å². The highest BCUT2D eigenvalue weighted by Crippen LogP contribution is 2.24. The predicted molar refractivity (Wildman–Crippen MR) is 62.4 cm³/mol. The van der Waals surface area contributed by atoms with Crippen LogP contribution in [0.15, 0.2) is 12.3 Å². The molecule has 0 amide bonds. The molecule has 0 aliphatic carbocycles. The zero-order chi connectivity index (χ0) is 12.3. The van der Waals surface area contributed by atoms with Gasteiger partial charge in [-0.15, -0.1) is 0 Å². The van der Waals surface area contributed by atoms with Crippen molar-refractivity contribution in [2.24, 2.45) is 5.73 Å². The molecule has 6 nitrogen and oxygen atoms in total. The Morgan fingerprint density at radius 1 is 1.62 bits per heavy atom. The summed E-state index contributed by atoms with van der Waals surface area (Å²) >= 11 is 0. The standard InChI is InChI=1S/C10H16N4O2/c1-7-4-8(14(15)16)9(12-5-7)13-10(2,3)6-11/h4-5H,6,11H2,1-3H3,(H,12,13). The molecule has 6 heteroatoms. The fourth-order valence-electron chi connectivity index (χ4n) is 1.16. The molecular formula is C10H16N4O2. The summed E-state index contributed by atoms with van der Waals surface area (Å²) < 4.78 is 0. The van der Waals surface area contributed by atoms with Gasteiger partial charge in [-0.2, -0.15) is 0 Å². The third kappa shape index (κ3) is 2.90. The maximum absolute atomic E-state index is 10.8. The second-order valence-electron chi connectivity index (χ2n) is 4.35. The van der Waals surface area contributed by atoms with Gasteiger partial charge in [0.05, 0.1) is 4.92 Å². The number of aromatic nitrogens is 1. The number of hydrogen-bond acceptors (Lipinski definition) is 5. The van der Waals surface area contributed by atoms with Crippen molar-refractivity contribution in [1.82, 2.24) is 4.98 Å². The van der Waals surface area contributed by atoms with Crippen LogP contribution >= 0.6 is 0 Å². The Morgan fingerprint density at radius 2 is 2.25 bits per heavy atom. The molecular weight excluding hydrogens is 208 g/mol. The molecule has 0 saturated heterocycles. The van der Waals surface area contributed by atoms with Crippen molar-refractivity contribution in [2.75, 3.05) is 11.9 Å². The average molecular weight is 224 g/mol. The van der Waals surface area contributed by atoms with Gasteiger partial charge in [-0.1, -0.05) is 0 Å². The topological polar surface area (TPSA) is 94.1 Å². The molecule has 1 aromatic heterocycles. The van der Waals surface area contributed by atoms with Gasteiger partial charge in [-0.05, 0) is 26.3 Å². The molecule has 3 N–H and O–H groups in total. The first-order valence-corrected chi connectivity index (χ1v) is 4.95. The average Bonchev–Trinajstić information content (AvgIpc) is 2.20. The van der Waals surface area contributed by atoms with E-state index in [1.165, 1.54) is 6.07 Å². The molecule has 1 heterocycles. The summed E-state index contributed by atoms with van der Waals surface area (Å²) in [4.78, 5) is 14.4. The van der Waals surface area contributed by atoms with Crippen LogP contribution in [0, 0.1) is 17.0 Å². The fourth-order valence-corrected chi connectivity index (χ4v) is 1.16. The van der Waals surface area contributed by atoms with Gasteiger partial charge < -0.3 is 11.1 Å². The lowest BCUT2D eigenvalue weighted by Gasteiger charge is -2.24. The minimum absolute atomic E-state index is 0.0264. The number of nitrogens with one attached hydrogen (secondary N) is 1. The Kier molecular flexibility index (Phi) is 3.44. The molecule has 0 fully saturated rings. The highest BCUT2D eigenvalue weighted by atomic mass is 16.6. The van der Waals surface area contributed by atoms with E-state index in [2.05, 4.69) is 10.3 Å². The molecule has 0 atom stereocenters. The minimum atomic E-state index is -0.449. The zero-order valence-corrected chi connectivity index (χ0v) is 9.65. The molecule has 1 rings (SSSR count). The summed E-state index contributed by atoms with van der Waals surface area (Å²) in [7, 11) is 0. The van der Waals surface area contributed by atoms with Crippen molar-refractivity contribution in [3.8, 4) is 0 Å². The van der Waals surface area contributed by atoms with Crippen LogP contribution in [-0.2, 0) is 0 Å². The number of hydrogen-bond donors (Lipinski definition) is 2. The van der Waals surface area contributed by atoms with Crippen LogP contribution in [0.4, 0.5) is 11.5 Å². The van der Waals surface area contributed by atoms with Crippen LogP contribution in [0.3, 0.4) is 0 Å². The maximum Gasteiger partial charge on any atom is 0.311 e. The van der Waals surface area contributed by atoms with Gasteiger partial charge in [0, 0.05) is 24.3 Å².